The van der Waals surface area contributed by atoms with Crippen molar-refractivity contribution in [3.05, 3.63) is 12.3 Å². The van der Waals surface area contributed by atoms with Gasteiger partial charge in [0.05, 0.1) is 13.2 Å². The van der Waals surface area contributed by atoms with E-state index in [-0.39, 0.29) is 0 Å². The number of hydrogen-bond donors (Lipinski definition) is 2. The molecule has 2 N–H and O–H groups in total. The van der Waals surface area contributed by atoms with E-state index in [1.165, 1.54) is 0 Å². The Balaban J connectivity index is 2.03. The van der Waals surface area contributed by atoms with E-state index in [2.05, 4.69) is 20.6 Å². The van der Waals surface area contributed by atoms with Gasteiger partial charge in [0.1, 0.15) is 5.82 Å². The standard InChI is InChI=1S/C12H22N4O2/c1-13-12-15-7-5-11(16-12)14-6-3-4-8-18-10-9-17-2/h5,7H,3-4,6,8-10H2,1-2H3,(H2,13,14,15,16). The third-order valence-electron chi connectivity index (χ3n) is 2.33. The molecular weight excluding hydrogens is 232 g/mol. The van der Waals surface area contributed by atoms with E-state index in [1.54, 1.807) is 20.4 Å². The lowest BCUT2D eigenvalue weighted by Crippen LogP contribution is -2.07. The summed E-state index contributed by atoms with van der Waals surface area (Å²) in [6.45, 7) is 2.98. The van der Waals surface area contributed by atoms with E-state index >= 15 is 0 Å². The number of nitrogens with one attached hydrogen (secondary N) is 2. The van der Waals surface area contributed by atoms with Crippen LogP contribution in [0.1, 0.15) is 12.8 Å². The number of aromatic nitrogens is 2. The molecule has 0 aliphatic carbocycles. The Hall–Kier alpha value is -1.40. The van der Waals surface area contributed by atoms with Crippen molar-refractivity contribution in [3.63, 3.8) is 0 Å². The minimum Gasteiger partial charge on any atom is -0.382 e. The van der Waals surface area contributed by atoms with E-state index in [0.717, 1.165) is 31.8 Å². The van der Waals surface area contributed by atoms with Crippen LogP contribution in [0.15, 0.2) is 12.3 Å². The van der Waals surface area contributed by atoms with Crippen molar-refractivity contribution in [1.29, 1.82) is 0 Å². The molecule has 6 heteroatoms. The normalized spacial score (nSPS) is 10.3. The maximum absolute atomic E-state index is 5.37. The molecule has 1 heterocycles. The molecule has 0 radical (unpaired) electrons. The third kappa shape index (κ3) is 6.36. The van der Waals surface area contributed by atoms with Crippen LogP contribution in [0.3, 0.4) is 0 Å². The first-order valence-electron chi connectivity index (χ1n) is 6.18. The van der Waals surface area contributed by atoms with Gasteiger partial charge in [-0.05, 0) is 18.9 Å². The Labute approximate surface area is 108 Å². The van der Waals surface area contributed by atoms with Crippen LogP contribution < -0.4 is 10.6 Å². The van der Waals surface area contributed by atoms with Gasteiger partial charge >= 0.3 is 0 Å². The second kappa shape index (κ2) is 9.61. The Morgan fingerprint density at radius 3 is 2.89 bits per heavy atom. The molecule has 0 aliphatic rings. The molecule has 0 saturated carbocycles. The summed E-state index contributed by atoms with van der Waals surface area (Å²) in [4.78, 5) is 8.32. The lowest BCUT2D eigenvalue weighted by atomic mass is 10.3. The summed E-state index contributed by atoms with van der Waals surface area (Å²) in [5.74, 6) is 1.47. The van der Waals surface area contributed by atoms with Crippen molar-refractivity contribution in [2.45, 2.75) is 12.8 Å². The third-order valence-corrected chi connectivity index (χ3v) is 2.33. The molecule has 0 atom stereocenters. The zero-order valence-electron chi connectivity index (χ0n) is 11.1. The van der Waals surface area contributed by atoms with Gasteiger partial charge in [0.15, 0.2) is 0 Å². The number of ether oxygens (including phenoxy) is 2. The van der Waals surface area contributed by atoms with E-state index in [4.69, 9.17) is 9.47 Å². The van der Waals surface area contributed by atoms with Crippen molar-refractivity contribution < 1.29 is 9.47 Å². The lowest BCUT2D eigenvalue weighted by Gasteiger charge is -2.07. The fourth-order valence-corrected chi connectivity index (χ4v) is 1.37. The molecule has 0 aliphatic heterocycles. The molecule has 1 rings (SSSR count). The van der Waals surface area contributed by atoms with Gasteiger partial charge in [-0.15, -0.1) is 0 Å². The number of anilines is 2. The highest BCUT2D eigenvalue weighted by molar-refractivity contribution is 5.38. The average Bonchev–Trinajstić information content (AvgIpc) is 2.42. The molecule has 102 valence electrons. The smallest absolute Gasteiger partial charge is 0.224 e. The van der Waals surface area contributed by atoms with Crippen LogP contribution in [0.5, 0.6) is 0 Å². The van der Waals surface area contributed by atoms with Gasteiger partial charge in [0.25, 0.3) is 0 Å². The highest BCUT2D eigenvalue weighted by Crippen LogP contribution is 2.05. The van der Waals surface area contributed by atoms with Crippen LogP contribution in [0, 0.1) is 0 Å². The maximum Gasteiger partial charge on any atom is 0.224 e. The number of nitrogens with zero attached hydrogens (tertiary/aromatic N) is 2. The fraction of sp³-hybridized carbons (Fsp3) is 0.667. The molecule has 1 aromatic rings. The Bertz CT molecular complexity index is 323. The minimum absolute atomic E-state index is 0.628. The van der Waals surface area contributed by atoms with Crippen LogP contribution in [0.25, 0.3) is 0 Å². The summed E-state index contributed by atoms with van der Waals surface area (Å²) in [5, 5.41) is 6.15. The Morgan fingerprint density at radius 1 is 1.22 bits per heavy atom. The SMILES string of the molecule is CNc1nccc(NCCCCOCCOC)n1. The largest absolute Gasteiger partial charge is 0.382 e. The van der Waals surface area contributed by atoms with Crippen LogP contribution in [0.4, 0.5) is 11.8 Å². The topological polar surface area (TPSA) is 68.3 Å². The van der Waals surface area contributed by atoms with Crippen molar-refractivity contribution >= 4 is 11.8 Å². The molecule has 0 fully saturated rings. The molecule has 0 bridgehead atoms. The number of methoxy groups -OCH3 is 1. The second-order valence-electron chi connectivity index (χ2n) is 3.75. The predicted molar refractivity (Wildman–Crippen MR) is 72.0 cm³/mol. The van der Waals surface area contributed by atoms with Gasteiger partial charge in [-0.1, -0.05) is 0 Å². The first kappa shape index (κ1) is 14.7. The van der Waals surface area contributed by atoms with Gasteiger partial charge in [0, 0.05) is 33.5 Å². The Kier molecular flexibility index (Phi) is 7.83. The first-order chi connectivity index (χ1) is 8.86. The van der Waals surface area contributed by atoms with E-state index in [1.807, 2.05) is 6.07 Å². The number of rotatable bonds is 10. The zero-order valence-corrected chi connectivity index (χ0v) is 11.1. The quantitative estimate of drug-likeness (QED) is 0.615. The van der Waals surface area contributed by atoms with E-state index < -0.39 is 0 Å². The van der Waals surface area contributed by atoms with Crippen LogP contribution in [-0.4, -0.2) is 50.5 Å². The first-order valence-corrected chi connectivity index (χ1v) is 6.18. The van der Waals surface area contributed by atoms with Crippen molar-refractivity contribution in [2.24, 2.45) is 0 Å². The van der Waals surface area contributed by atoms with Crippen LogP contribution in [-0.2, 0) is 9.47 Å². The number of hydrogen-bond acceptors (Lipinski definition) is 6. The monoisotopic (exact) mass is 254 g/mol. The Morgan fingerprint density at radius 2 is 2.11 bits per heavy atom. The summed E-state index contributed by atoms with van der Waals surface area (Å²) >= 11 is 0. The van der Waals surface area contributed by atoms with E-state index in [9.17, 15) is 0 Å². The molecule has 0 amide bonds. The molecule has 1 aromatic heterocycles. The highest BCUT2D eigenvalue weighted by Gasteiger charge is 1.96. The molecule has 6 nitrogen and oxygen atoms in total. The molecule has 0 spiro atoms. The molecule has 0 saturated heterocycles. The van der Waals surface area contributed by atoms with Crippen LogP contribution >= 0.6 is 0 Å². The summed E-state index contributed by atoms with van der Waals surface area (Å²) in [7, 11) is 3.48. The van der Waals surface area contributed by atoms with Gasteiger partial charge in [-0.25, -0.2) is 4.98 Å². The second-order valence-corrected chi connectivity index (χ2v) is 3.75. The molecule has 0 aromatic carbocycles. The van der Waals surface area contributed by atoms with Gasteiger partial charge in [0.2, 0.25) is 5.95 Å². The minimum atomic E-state index is 0.628. The van der Waals surface area contributed by atoms with Crippen molar-refractivity contribution in [1.82, 2.24) is 9.97 Å². The highest BCUT2D eigenvalue weighted by atomic mass is 16.5. The average molecular weight is 254 g/mol. The zero-order chi connectivity index (χ0) is 13.1. The predicted octanol–water partition coefficient (Wildman–Crippen LogP) is 1.37. The summed E-state index contributed by atoms with van der Waals surface area (Å²) in [6, 6.07) is 1.86. The van der Waals surface area contributed by atoms with Gasteiger partial charge in [-0.2, -0.15) is 4.98 Å². The van der Waals surface area contributed by atoms with Gasteiger partial charge in [-0.3, -0.25) is 0 Å². The maximum atomic E-state index is 5.37. The summed E-state index contributed by atoms with van der Waals surface area (Å²) in [6.07, 6.45) is 3.81. The molecular formula is C12H22N4O2. The molecule has 18 heavy (non-hydrogen) atoms. The van der Waals surface area contributed by atoms with Crippen LogP contribution in [0.2, 0.25) is 0 Å². The molecule has 0 unspecified atom stereocenters. The van der Waals surface area contributed by atoms with Crippen molar-refractivity contribution in [2.75, 3.05) is 51.2 Å². The van der Waals surface area contributed by atoms with Crippen molar-refractivity contribution in [3.8, 4) is 0 Å². The van der Waals surface area contributed by atoms with E-state index in [0.29, 0.717) is 19.2 Å². The lowest BCUT2D eigenvalue weighted by molar-refractivity contribution is 0.0691. The summed E-state index contributed by atoms with van der Waals surface area (Å²) < 4.78 is 10.3. The number of unbranched alkanes of at least 4 members (excludes halogenated alkanes) is 1. The van der Waals surface area contributed by atoms with Gasteiger partial charge < -0.3 is 20.1 Å². The fourth-order valence-electron chi connectivity index (χ4n) is 1.37. The summed E-state index contributed by atoms with van der Waals surface area (Å²) in [5.41, 5.74) is 0.